The molecule has 0 aromatic heterocycles. The van der Waals surface area contributed by atoms with Crippen molar-refractivity contribution in [2.24, 2.45) is 0 Å². The largest absolute Gasteiger partial charge is 0.496 e. The summed E-state index contributed by atoms with van der Waals surface area (Å²) in [6.07, 6.45) is 0. The Bertz CT molecular complexity index is 446. The summed E-state index contributed by atoms with van der Waals surface area (Å²) in [4.78, 5) is 11.6. The van der Waals surface area contributed by atoms with Gasteiger partial charge in [-0.3, -0.25) is 0 Å². The molecule has 84 valence electrons. The molecule has 0 bridgehead atoms. The van der Waals surface area contributed by atoms with Crippen molar-refractivity contribution < 1.29 is 14.3 Å². The lowest BCUT2D eigenvalue weighted by Crippen LogP contribution is -2.08. The average molecular weight is 219 g/mol. The molecule has 0 saturated heterocycles. The first-order valence-corrected chi connectivity index (χ1v) is 4.89. The van der Waals surface area contributed by atoms with Crippen molar-refractivity contribution >= 4 is 5.97 Å². The maximum absolute atomic E-state index is 11.6. The summed E-state index contributed by atoms with van der Waals surface area (Å²) in [5, 5.41) is 8.92. The summed E-state index contributed by atoms with van der Waals surface area (Å²) in [6, 6.07) is 5.12. The highest BCUT2D eigenvalue weighted by Crippen LogP contribution is 2.23. The zero-order valence-corrected chi connectivity index (χ0v) is 9.53. The number of rotatable bonds is 3. The van der Waals surface area contributed by atoms with E-state index in [1.807, 2.05) is 13.0 Å². The maximum atomic E-state index is 11.6. The molecular formula is C12H13NO3. The number of nitrogens with zero attached hydrogens (tertiary/aromatic N) is 1. The summed E-state index contributed by atoms with van der Waals surface area (Å²) in [7, 11) is 1.52. The monoisotopic (exact) mass is 219 g/mol. The van der Waals surface area contributed by atoms with Gasteiger partial charge in [-0.15, -0.1) is 0 Å². The minimum Gasteiger partial charge on any atom is -0.496 e. The van der Waals surface area contributed by atoms with Gasteiger partial charge in [-0.1, -0.05) is 0 Å². The first-order valence-electron chi connectivity index (χ1n) is 4.89. The Morgan fingerprint density at radius 3 is 2.69 bits per heavy atom. The summed E-state index contributed by atoms with van der Waals surface area (Å²) in [5.41, 5.74) is 1.36. The number of carbonyl (C=O) groups excluding carboxylic acids is 1. The van der Waals surface area contributed by atoms with Crippen molar-refractivity contribution in [3.8, 4) is 11.8 Å². The van der Waals surface area contributed by atoms with Crippen LogP contribution in [0.2, 0.25) is 0 Å². The highest BCUT2D eigenvalue weighted by atomic mass is 16.5. The number of esters is 1. The van der Waals surface area contributed by atoms with E-state index in [9.17, 15) is 4.79 Å². The van der Waals surface area contributed by atoms with Crippen LogP contribution in [0.4, 0.5) is 0 Å². The molecule has 4 heteroatoms. The van der Waals surface area contributed by atoms with Gasteiger partial charge in [-0.05, 0) is 31.5 Å². The fraction of sp³-hybridized carbons (Fsp3) is 0.333. The van der Waals surface area contributed by atoms with E-state index in [-0.39, 0.29) is 12.2 Å². The predicted octanol–water partition coefficient (Wildman–Crippen LogP) is 2.05. The zero-order chi connectivity index (χ0) is 12.1. The van der Waals surface area contributed by atoms with E-state index in [2.05, 4.69) is 0 Å². The van der Waals surface area contributed by atoms with Gasteiger partial charge in [0.2, 0.25) is 0 Å². The molecule has 0 N–H and O–H groups in total. The van der Waals surface area contributed by atoms with Crippen LogP contribution in [0.15, 0.2) is 12.1 Å². The van der Waals surface area contributed by atoms with Gasteiger partial charge in [-0.2, -0.15) is 5.26 Å². The average Bonchev–Trinajstić information content (AvgIpc) is 2.28. The number of benzene rings is 1. The van der Waals surface area contributed by atoms with Crippen molar-refractivity contribution in [1.29, 1.82) is 5.26 Å². The number of aryl methyl sites for hydroxylation is 1. The molecule has 4 nitrogen and oxygen atoms in total. The molecule has 1 rings (SSSR count). The van der Waals surface area contributed by atoms with Gasteiger partial charge in [0.1, 0.15) is 11.8 Å². The maximum Gasteiger partial charge on any atom is 0.339 e. The van der Waals surface area contributed by atoms with Gasteiger partial charge in [-0.25, -0.2) is 4.79 Å². The Morgan fingerprint density at radius 1 is 1.50 bits per heavy atom. The van der Waals surface area contributed by atoms with Crippen molar-refractivity contribution in [1.82, 2.24) is 0 Å². The van der Waals surface area contributed by atoms with Crippen molar-refractivity contribution in [2.75, 3.05) is 13.7 Å². The second kappa shape index (κ2) is 5.17. The molecule has 0 aliphatic heterocycles. The molecule has 0 amide bonds. The van der Waals surface area contributed by atoms with Crippen LogP contribution in [0.1, 0.15) is 28.4 Å². The van der Waals surface area contributed by atoms with E-state index >= 15 is 0 Å². The Morgan fingerprint density at radius 2 is 2.19 bits per heavy atom. The normalized spacial score (nSPS) is 9.38. The standard InChI is InChI=1S/C12H13NO3/c1-4-16-12(14)10-6-11(15-3)8(2)5-9(10)7-13/h5-6H,4H2,1-3H3. The first-order chi connectivity index (χ1) is 7.63. The number of nitriles is 1. The fourth-order valence-electron chi connectivity index (χ4n) is 1.38. The minimum atomic E-state index is -0.502. The van der Waals surface area contributed by atoms with Crippen molar-refractivity contribution in [3.05, 3.63) is 28.8 Å². The molecule has 0 saturated carbocycles. The van der Waals surface area contributed by atoms with Crippen LogP contribution in [0.3, 0.4) is 0 Å². The zero-order valence-electron chi connectivity index (χ0n) is 9.53. The lowest BCUT2D eigenvalue weighted by atomic mass is 10.0. The minimum absolute atomic E-state index is 0.242. The molecule has 1 aromatic carbocycles. The van der Waals surface area contributed by atoms with E-state index in [4.69, 9.17) is 14.7 Å². The fourth-order valence-corrected chi connectivity index (χ4v) is 1.38. The third kappa shape index (κ3) is 2.31. The Hall–Kier alpha value is -2.02. The van der Waals surface area contributed by atoms with Crippen LogP contribution in [0, 0.1) is 18.3 Å². The van der Waals surface area contributed by atoms with Crippen LogP contribution in [-0.4, -0.2) is 19.7 Å². The SMILES string of the molecule is CCOC(=O)c1cc(OC)c(C)cc1C#N. The third-order valence-electron chi connectivity index (χ3n) is 2.15. The first kappa shape index (κ1) is 12.1. The Kier molecular flexibility index (Phi) is 3.90. The molecule has 16 heavy (non-hydrogen) atoms. The number of carbonyl (C=O) groups is 1. The van der Waals surface area contributed by atoms with E-state index in [0.717, 1.165) is 5.56 Å². The summed E-state index contributed by atoms with van der Waals surface area (Å²) in [6.45, 7) is 3.81. The van der Waals surface area contributed by atoms with Crippen LogP contribution in [0.25, 0.3) is 0 Å². The van der Waals surface area contributed by atoms with Gasteiger partial charge < -0.3 is 9.47 Å². The molecule has 0 radical (unpaired) electrons. The van der Waals surface area contributed by atoms with E-state index < -0.39 is 5.97 Å². The predicted molar refractivity (Wildman–Crippen MR) is 58.4 cm³/mol. The quantitative estimate of drug-likeness (QED) is 0.730. The molecule has 0 heterocycles. The van der Waals surface area contributed by atoms with Gasteiger partial charge in [0.05, 0.1) is 24.8 Å². The van der Waals surface area contributed by atoms with E-state index in [1.54, 1.807) is 13.0 Å². The molecule has 0 spiro atoms. The van der Waals surface area contributed by atoms with E-state index in [0.29, 0.717) is 11.3 Å². The lowest BCUT2D eigenvalue weighted by Gasteiger charge is -2.09. The lowest BCUT2D eigenvalue weighted by molar-refractivity contribution is 0.0525. The van der Waals surface area contributed by atoms with Crippen LogP contribution >= 0.6 is 0 Å². The molecule has 0 aliphatic rings. The summed E-state index contributed by atoms with van der Waals surface area (Å²) < 4.78 is 9.96. The third-order valence-corrected chi connectivity index (χ3v) is 2.15. The van der Waals surface area contributed by atoms with Crippen molar-refractivity contribution in [3.63, 3.8) is 0 Å². The topological polar surface area (TPSA) is 59.3 Å². The van der Waals surface area contributed by atoms with Crippen LogP contribution in [0.5, 0.6) is 5.75 Å². The van der Waals surface area contributed by atoms with Crippen molar-refractivity contribution in [2.45, 2.75) is 13.8 Å². The number of hydrogen-bond donors (Lipinski definition) is 0. The smallest absolute Gasteiger partial charge is 0.339 e. The number of ether oxygens (including phenoxy) is 2. The highest BCUT2D eigenvalue weighted by Gasteiger charge is 2.15. The molecule has 0 aliphatic carbocycles. The highest BCUT2D eigenvalue weighted by molar-refractivity contribution is 5.93. The molecule has 0 unspecified atom stereocenters. The second-order valence-electron chi connectivity index (χ2n) is 3.20. The second-order valence-corrected chi connectivity index (χ2v) is 3.20. The summed E-state index contributed by atoms with van der Waals surface area (Å²) in [5.74, 6) is 0.0689. The molecule has 1 aromatic rings. The van der Waals surface area contributed by atoms with Gasteiger partial charge in [0, 0.05) is 0 Å². The molecule has 0 fully saturated rings. The van der Waals surface area contributed by atoms with Gasteiger partial charge >= 0.3 is 5.97 Å². The van der Waals surface area contributed by atoms with Gasteiger partial charge in [0.15, 0.2) is 0 Å². The Labute approximate surface area is 94.4 Å². The number of methoxy groups -OCH3 is 1. The molecule has 0 atom stereocenters. The number of hydrogen-bond acceptors (Lipinski definition) is 4. The van der Waals surface area contributed by atoms with Crippen LogP contribution in [-0.2, 0) is 4.74 Å². The Balaban J connectivity index is 3.26. The molecular weight excluding hydrogens is 206 g/mol. The summed E-state index contributed by atoms with van der Waals surface area (Å²) >= 11 is 0. The van der Waals surface area contributed by atoms with Gasteiger partial charge in [0.25, 0.3) is 0 Å². The van der Waals surface area contributed by atoms with E-state index in [1.165, 1.54) is 13.2 Å². The van der Waals surface area contributed by atoms with Crippen LogP contribution < -0.4 is 4.74 Å².